The molecule has 21 heavy (non-hydrogen) atoms. The van der Waals surface area contributed by atoms with Gasteiger partial charge in [0.2, 0.25) is 0 Å². The highest BCUT2D eigenvalue weighted by Gasteiger charge is 2.39. The molecule has 1 saturated carbocycles. The summed E-state index contributed by atoms with van der Waals surface area (Å²) in [5.41, 5.74) is 2.17. The first-order valence-corrected chi connectivity index (χ1v) is 7.72. The minimum Gasteiger partial charge on any atom is -0.496 e. The van der Waals surface area contributed by atoms with Crippen LogP contribution in [0.2, 0.25) is 0 Å². The van der Waals surface area contributed by atoms with Crippen LogP contribution in [0.3, 0.4) is 0 Å². The SMILES string of the molecule is COc1c(C)cnc(CC2(C(=O)O)CCCCCC2)c1C. The fraction of sp³-hybridized carbons (Fsp3) is 0.647. The van der Waals surface area contributed by atoms with Gasteiger partial charge in [0, 0.05) is 29.4 Å². The summed E-state index contributed by atoms with van der Waals surface area (Å²) in [6.45, 7) is 3.93. The van der Waals surface area contributed by atoms with Gasteiger partial charge in [-0.1, -0.05) is 25.7 Å². The van der Waals surface area contributed by atoms with E-state index in [2.05, 4.69) is 4.98 Å². The van der Waals surface area contributed by atoms with Crippen molar-refractivity contribution in [2.24, 2.45) is 5.41 Å². The lowest BCUT2D eigenvalue weighted by atomic mass is 9.76. The fourth-order valence-corrected chi connectivity index (χ4v) is 3.44. The molecule has 1 aromatic heterocycles. The smallest absolute Gasteiger partial charge is 0.310 e. The van der Waals surface area contributed by atoms with Crippen molar-refractivity contribution < 1.29 is 14.6 Å². The van der Waals surface area contributed by atoms with Gasteiger partial charge in [-0.2, -0.15) is 0 Å². The number of carbonyl (C=O) groups is 1. The molecule has 0 spiro atoms. The fourth-order valence-electron chi connectivity index (χ4n) is 3.44. The van der Waals surface area contributed by atoms with Crippen molar-refractivity contribution in [2.75, 3.05) is 7.11 Å². The van der Waals surface area contributed by atoms with E-state index in [1.165, 1.54) is 0 Å². The summed E-state index contributed by atoms with van der Waals surface area (Å²) in [7, 11) is 1.65. The molecule has 0 radical (unpaired) electrons. The van der Waals surface area contributed by atoms with Gasteiger partial charge in [-0.15, -0.1) is 0 Å². The predicted molar refractivity (Wildman–Crippen MR) is 81.7 cm³/mol. The van der Waals surface area contributed by atoms with Crippen LogP contribution < -0.4 is 4.74 Å². The molecule has 0 amide bonds. The Labute approximate surface area is 126 Å². The first-order chi connectivity index (χ1) is 10.00. The maximum absolute atomic E-state index is 11.9. The molecule has 1 aliphatic carbocycles. The van der Waals surface area contributed by atoms with Gasteiger partial charge < -0.3 is 9.84 Å². The Morgan fingerprint density at radius 3 is 2.43 bits per heavy atom. The number of aromatic nitrogens is 1. The molecule has 0 bridgehead atoms. The first kappa shape index (κ1) is 15.8. The predicted octanol–water partition coefficient (Wildman–Crippen LogP) is 3.67. The minimum absolute atomic E-state index is 0.505. The van der Waals surface area contributed by atoms with E-state index in [1.54, 1.807) is 13.3 Å². The topological polar surface area (TPSA) is 59.4 Å². The van der Waals surface area contributed by atoms with E-state index < -0.39 is 11.4 Å². The van der Waals surface area contributed by atoms with E-state index in [0.717, 1.165) is 61.1 Å². The molecule has 4 nitrogen and oxygen atoms in total. The summed E-state index contributed by atoms with van der Waals surface area (Å²) in [5.74, 6) is 0.152. The molecule has 1 heterocycles. The van der Waals surface area contributed by atoms with E-state index >= 15 is 0 Å². The largest absolute Gasteiger partial charge is 0.496 e. The van der Waals surface area contributed by atoms with Gasteiger partial charge in [0.15, 0.2) is 0 Å². The molecule has 4 heteroatoms. The zero-order valence-corrected chi connectivity index (χ0v) is 13.2. The number of pyridine rings is 1. The molecule has 1 fully saturated rings. The second-order valence-electron chi connectivity index (χ2n) is 6.22. The minimum atomic E-state index is -0.676. The lowest BCUT2D eigenvalue weighted by Crippen LogP contribution is -2.33. The number of hydrogen-bond acceptors (Lipinski definition) is 3. The number of carboxylic acid groups (broad SMARTS) is 1. The molecule has 2 rings (SSSR count). The van der Waals surface area contributed by atoms with Gasteiger partial charge in [0.05, 0.1) is 12.5 Å². The van der Waals surface area contributed by atoms with Crippen LogP contribution >= 0.6 is 0 Å². The first-order valence-electron chi connectivity index (χ1n) is 7.72. The third-order valence-corrected chi connectivity index (χ3v) is 4.77. The molecular weight excluding hydrogens is 266 g/mol. The number of aliphatic carboxylic acids is 1. The number of aryl methyl sites for hydroxylation is 1. The van der Waals surface area contributed by atoms with Gasteiger partial charge in [-0.25, -0.2) is 0 Å². The Balaban J connectivity index is 2.35. The molecule has 116 valence electrons. The lowest BCUT2D eigenvalue weighted by molar-refractivity contribution is -0.149. The molecule has 0 aromatic carbocycles. The average Bonchev–Trinajstić information content (AvgIpc) is 2.69. The highest BCUT2D eigenvalue weighted by Crippen LogP contribution is 2.39. The van der Waals surface area contributed by atoms with Gasteiger partial charge >= 0.3 is 5.97 Å². The van der Waals surface area contributed by atoms with E-state index in [-0.39, 0.29) is 0 Å². The van der Waals surface area contributed by atoms with E-state index in [1.807, 2.05) is 13.8 Å². The second-order valence-corrected chi connectivity index (χ2v) is 6.22. The molecule has 0 atom stereocenters. The van der Waals surface area contributed by atoms with Crippen molar-refractivity contribution in [3.8, 4) is 5.75 Å². The van der Waals surface area contributed by atoms with Crippen molar-refractivity contribution in [1.82, 2.24) is 4.98 Å². The Hall–Kier alpha value is -1.58. The third-order valence-electron chi connectivity index (χ3n) is 4.77. The highest BCUT2D eigenvalue weighted by molar-refractivity contribution is 5.75. The summed E-state index contributed by atoms with van der Waals surface area (Å²) in [5, 5.41) is 9.79. The molecule has 1 aliphatic rings. The maximum Gasteiger partial charge on any atom is 0.310 e. The highest BCUT2D eigenvalue weighted by atomic mass is 16.5. The second kappa shape index (κ2) is 6.46. The summed E-state index contributed by atoms with van der Waals surface area (Å²) < 4.78 is 5.44. The van der Waals surface area contributed by atoms with Gasteiger partial charge in [-0.3, -0.25) is 9.78 Å². The quantitative estimate of drug-likeness (QED) is 0.860. The summed E-state index contributed by atoms with van der Waals surface area (Å²) in [4.78, 5) is 16.4. The Kier molecular flexibility index (Phi) is 4.86. The van der Waals surface area contributed by atoms with Gasteiger partial charge in [0.25, 0.3) is 0 Å². The van der Waals surface area contributed by atoms with Crippen molar-refractivity contribution in [3.05, 3.63) is 23.0 Å². The number of rotatable bonds is 4. The van der Waals surface area contributed by atoms with Gasteiger partial charge in [-0.05, 0) is 26.7 Å². The number of hydrogen-bond donors (Lipinski definition) is 1. The number of methoxy groups -OCH3 is 1. The third kappa shape index (κ3) is 3.20. The Morgan fingerprint density at radius 1 is 1.29 bits per heavy atom. The zero-order chi connectivity index (χ0) is 15.5. The lowest BCUT2D eigenvalue weighted by Gasteiger charge is -2.28. The van der Waals surface area contributed by atoms with Crippen molar-refractivity contribution in [2.45, 2.75) is 58.8 Å². The van der Waals surface area contributed by atoms with Crippen LogP contribution in [0.1, 0.15) is 55.3 Å². The summed E-state index contributed by atoms with van der Waals surface area (Å²) >= 11 is 0. The molecule has 0 saturated heterocycles. The summed E-state index contributed by atoms with van der Waals surface area (Å²) in [6, 6.07) is 0. The standard InChI is InChI=1S/C17H25NO3/c1-12-11-18-14(13(2)15(12)21-3)10-17(16(19)20)8-6-4-5-7-9-17/h11H,4-10H2,1-3H3,(H,19,20). The van der Waals surface area contributed by atoms with Crippen LogP contribution in [0.15, 0.2) is 6.20 Å². The van der Waals surface area contributed by atoms with Crippen LogP contribution in [0.5, 0.6) is 5.75 Å². The normalized spacial score (nSPS) is 18.0. The van der Waals surface area contributed by atoms with Crippen molar-refractivity contribution in [3.63, 3.8) is 0 Å². The molecule has 0 unspecified atom stereocenters. The average molecular weight is 291 g/mol. The number of ether oxygens (including phenoxy) is 1. The van der Waals surface area contributed by atoms with E-state index in [0.29, 0.717) is 6.42 Å². The molecule has 1 N–H and O–H groups in total. The van der Waals surface area contributed by atoms with Gasteiger partial charge in [0.1, 0.15) is 5.75 Å². The van der Waals surface area contributed by atoms with Crippen LogP contribution in [0, 0.1) is 19.3 Å². The van der Waals surface area contributed by atoms with Crippen molar-refractivity contribution in [1.29, 1.82) is 0 Å². The van der Waals surface area contributed by atoms with Crippen LogP contribution in [0.4, 0.5) is 0 Å². The maximum atomic E-state index is 11.9. The van der Waals surface area contributed by atoms with Crippen molar-refractivity contribution >= 4 is 5.97 Å². The molecule has 1 aromatic rings. The number of carboxylic acids is 1. The molecule has 0 aliphatic heterocycles. The molecular formula is C17H25NO3. The van der Waals surface area contributed by atoms with Crippen LogP contribution in [-0.4, -0.2) is 23.2 Å². The summed E-state index contributed by atoms with van der Waals surface area (Å²) in [6.07, 6.45) is 8.05. The van der Waals surface area contributed by atoms with E-state index in [4.69, 9.17) is 4.74 Å². The zero-order valence-electron chi connectivity index (χ0n) is 13.2. The van der Waals surface area contributed by atoms with Crippen LogP contribution in [0.25, 0.3) is 0 Å². The van der Waals surface area contributed by atoms with E-state index in [9.17, 15) is 9.90 Å². The Morgan fingerprint density at radius 2 is 1.90 bits per heavy atom. The monoisotopic (exact) mass is 291 g/mol. The Bertz CT molecular complexity index is 517. The van der Waals surface area contributed by atoms with Crippen LogP contribution in [-0.2, 0) is 11.2 Å². The number of nitrogens with zero attached hydrogens (tertiary/aromatic N) is 1.